The molecular formula is C21H21ClN4O2. The number of para-hydroxylation sites is 2. The fourth-order valence-corrected chi connectivity index (χ4v) is 3.59. The Kier molecular flexibility index (Phi) is 5.05. The van der Waals surface area contributed by atoms with Gasteiger partial charge in [-0.15, -0.1) is 5.10 Å². The first-order valence-electron chi connectivity index (χ1n) is 9.45. The molecule has 0 N–H and O–H groups in total. The Bertz CT molecular complexity index is 1250. The second-order valence-corrected chi connectivity index (χ2v) is 7.31. The van der Waals surface area contributed by atoms with Crippen LogP contribution in [0.1, 0.15) is 31.7 Å². The van der Waals surface area contributed by atoms with Gasteiger partial charge in [0.05, 0.1) is 17.6 Å². The molecule has 4 aromatic rings. The summed E-state index contributed by atoms with van der Waals surface area (Å²) in [5.41, 5.74) is 1.43. The third-order valence-corrected chi connectivity index (χ3v) is 5.16. The van der Waals surface area contributed by atoms with Gasteiger partial charge in [-0.2, -0.15) is 0 Å². The number of unbranched alkanes of at least 4 members (excludes halogenated alkanes) is 2. The molecule has 0 saturated heterocycles. The molecule has 0 aliphatic heterocycles. The van der Waals surface area contributed by atoms with Gasteiger partial charge in [0.25, 0.3) is 0 Å². The highest BCUT2D eigenvalue weighted by Crippen LogP contribution is 2.20. The molecular weight excluding hydrogens is 376 g/mol. The summed E-state index contributed by atoms with van der Waals surface area (Å²) >= 11 is 6.00. The van der Waals surface area contributed by atoms with Crippen LogP contribution in [0, 0.1) is 0 Å². The van der Waals surface area contributed by atoms with Crippen molar-refractivity contribution in [1.29, 1.82) is 0 Å². The molecule has 28 heavy (non-hydrogen) atoms. The molecule has 0 amide bonds. The molecule has 0 aliphatic rings. The number of benzene rings is 2. The number of aryl methyl sites for hydroxylation is 1. The van der Waals surface area contributed by atoms with Crippen LogP contribution in [0.25, 0.3) is 16.8 Å². The smallest absolute Gasteiger partial charge is 0.304 e. The average Bonchev–Trinajstić information content (AvgIpc) is 3.01. The molecule has 2 heterocycles. The van der Waals surface area contributed by atoms with Gasteiger partial charge in [-0.05, 0) is 36.2 Å². The lowest BCUT2D eigenvalue weighted by Gasteiger charge is -2.08. The Morgan fingerprint density at radius 3 is 2.36 bits per heavy atom. The van der Waals surface area contributed by atoms with Crippen molar-refractivity contribution in [3.8, 4) is 0 Å². The maximum atomic E-state index is 12.9. The van der Waals surface area contributed by atoms with Crippen molar-refractivity contribution >= 4 is 28.4 Å². The van der Waals surface area contributed by atoms with Gasteiger partial charge in [0.15, 0.2) is 0 Å². The maximum absolute atomic E-state index is 12.9. The van der Waals surface area contributed by atoms with Gasteiger partial charge in [-0.1, -0.05) is 55.6 Å². The minimum atomic E-state index is -0.581. The Labute approximate surface area is 166 Å². The largest absolute Gasteiger partial charge is 0.333 e. The lowest BCUT2D eigenvalue weighted by molar-refractivity contribution is 0.519. The highest BCUT2D eigenvalue weighted by Gasteiger charge is 2.17. The molecule has 0 bridgehead atoms. The highest BCUT2D eigenvalue weighted by atomic mass is 35.5. The zero-order valence-corrected chi connectivity index (χ0v) is 16.4. The summed E-state index contributed by atoms with van der Waals surface area (Å²) in [5.74, 6) is 0.470. The van der Waals surface area contributed by atoms with Crippen LogP contribution in [0.15, 0.2) is 58.1 Å². The van der Waals surface area contributed by atoms with E-state index in [1.807, 2.05) is 53.1 Å². The van der Waals surface area contributed by atoms with E-state index in [4.69, 9.17) is 11.6 Å². The third kappa shape index (κ3) is 3.24. The number of aromatic nitrogens is 4. The molecule has 2 aromatic carbocycles. The topological polar surface area (TPSA) is 61.3 Å². The van der Waals surface area contributed by atoms with Crippen molar-refractivity contribution in [2.24, 2.45) is 0 Å². The number of nitrogens with zero attached hydrogens (tertiary/aromatic N) is 4. The minimum Gasteiger partial charge on any atom is -0.304 e. The maximum Gasteiger partial charge on any atom is 0.333 e. The van der Waals surface area contributed by atoms with Gasteiger partial charge in [0, 0.05) is 11.6 Å². The van der Waals surface area contributed by atoms with Crippen molar-refractivity contribution in [2.45, 2.75) is 39.3 Å². The predicted octanol–water partition coefficient (Wildman–Crippen LogP) is 3.70. The molecule has 4 rings (SSSR count). The Balaban J connectivity index is 1.94. The zero-order chi connectivity index (χ0) is 19.7. The lowest BCUT2D eigenvalue weighted by atomic mass is 10.2. The summed E-state index contributed by atoms with van der Waals surface area (Å²) in [4.78, 5) is 25.4. The van der Waals surface area contributed by atoms with Crippen molar-refractivity contribution in [3.05, 3.63) is 79.8 Å². The monoisotopic (exact) mass is 396 g/mol. The Morgan fingerprint density at radius 1 is 0.929 bits per heavy atom. The van der Waals surface area contributed by atoms with Crippen LogP contribution in [0.5, 0.6) is 0 Å². The average molecular weight is 397 g/mol. The molecule has 6 nitrogen and oxygen atoms in total. The van der Waals surface area contributed by atoms with Crippen LogP contribution < -0.4 is 11.1 Å². The van der Waals surface area contributed by atoms with Gasteiger partial charge in [-0.3, -0.25) is 9.59 Å². The second kappa shape index (κ2) is 7.64. The van der Waals surface area contributed by atoms with Crippen molar-refractivity contribution < 1.29 is 0 Å². The molecule has 0 fully saturated rings. The standard InChI is InChI=1S/C21H21ClN4O2/c1-2-3-6-13-25-19(27)20(28)26-18-8-5-4-7-17(18)24(21(26)23-25)14-15-9-11-16(22)12-10-15/h4-5,7-12H,2-3,6,13-14H2,1H3. The van der Waals surface area contributed by atoms with Gasteiger partial charge in [0.1, 0.15) is 0 Å². The lowest BCUT2D eigenvalue weighted by Crippen LogP contribution is -2.40. The normalized spacial score (nSPS) is 11.5. The minimum absolute atomic E-state index is 0.445. The van der Waals surface area contributed by atoms with E-state index in [1.165, 1.54) is 9.08 Å². The van der Waals surface area contributed by atoms with E-state index in [2.05, 4.69) is 12.0 Å². The first-order chi connectivity index (χ1) is 13.6. The van der Waals surface area contributed by atoms with E-state index in [0.29, 0.717) is 29.4 Å². The molecule has 0 radical (unpaired) electrons. The fraction of sp³-hybridized carbons (Fsp3) is 0.286. The van der Waals surface area contributed by atoms with Gasteiger partial charge in [-0.25, -0.2) is 9.08 Å². The van der Waals surface area contributed by atoms with E-state index in [0.717, 1.165) is 30.3 Å². The van der Waals surface area contributed by atoms with Gasteiger partial charge >= 0.3 is 11.1 Å². The first kappa shape index (κ1) is 18.5. The van der Waals surface area contributed by atoms with Crippen LogP contribution in [0.3, 0.4) is 0 Å². The number of imidazole rings is 1. The van der Waals surface area contributed by atoms with Crippen LogP contribution in [0.2, 0.25) is 5.02 Å². The van der Waals surface area contributed by atoms with Gasteiger partial charge in [0.2, 0.25) is 5.78 Å². The van der Waals surface area contributed by atoms with E-state index in [9.17, 15) is 9.59 Å². The quantitative estimate of drug-likeness (QED) is 0.369. The third-order valence-electron chi connectivity index (χ3n) is 4.91. The van der Waals surface area contributed by atoms with Gasteiger partial charge < -0.3 is 4.57 Å². The van der Waals surface area contributed by atoms with Crippen LogP contribution in [-0.4, -0.2) is 18.7 Å². The van der Waals surface area contributed by atoms with Crippen LogP contribution in [-0.2, 0) is 13.1 Å². The summed E-state index contributed by atoms with van der Waals surface area (Å²) < 4.78 is 4.70. The van der Waals surface area contributed by atoms with Crippen LogP contribution in [0.4, 0.5) is 0 Å². The molecule has 7 heteroatoms. The predicted molar refractivity (Wildman–Crippen MR) is 111 cm³/mol. The zero-order valence-electron chi connectivity index (χ0n) is 15.6. The van der Waals surface area contributed by atoms with Crippen molar-refractivity contribution in [2.75, 3.05) is 0 Å². The summed E-state index contributed by atoms with van der Waals surface area (Å²) in [5, 5.41) is 5.23. The Morgan fingerprint density at radius 2 is 1.64 bits per heavy atom. The molecule has 0 saturated carbocycles. The first-order valence-corrected chi connectivity index (χ1v) is 9.83. The second-order valence-electron chi connectivity index (χ2n) is 6.88. The SMILES string of the molecule is CCCCCn1nc2n(Cc3ccc(Cl)cc3)c3ccccc3n2c(=O)c1=O. The van der Waals surface area contributed by atoms with E-state index in [1.54, 1.807) is 0 Å². The summed E-state index contributed by atoms with van der Waals surface area (Å²) in [7, 11) is 0. The fourth-order valence-electron chi connectivity index (χ4n) is 3.47. The van der Waals surface area contributed by atoms with E-state index < -0.39 is 11.1 Å². The number of halogens is 1. The van der Waals surface area contributed by atoms with Crippen molar-refractivity contribution in [3.63, 3.8) is 0 Å². The Hall–Kier alpha value is -2.86. The summed E-state index contributed by atoms with van der Waals surface area (Å²) in [6.45, 7) is 3.06. The molecule has 2 aromatic heterocycles. The highest BCUT2D eigenvalue weighted by molar-refractivity contribution is 6.30. The number of fused-ring (bicyclic) bond motifs is 3. The molecule has 0 atom stereocenters. The molecule has 0 spiro atoms. The summed E-state index contributed by atoms with van der Waals surface area (Å²) in [6, 6.07) is 15.1. The van der Waals surface area contributed by atoms with Crippen molar-refractivity contribution in [1.82, 2.24) is 18.7 Å². The molecule has 0 aliphatic carbocycles. The van der Waals surface area contributed by atoms with Crippen LogP contribution >= 0.6 is 11.6 Å². The molecule has 144 valence electrons. The summed E-state index contributed by atoms with van der Waals surface area (Å²) in [6.07, 6.45) is 2.84. The number of hydrogen-bond acceptors (Lipinski definition) is 3. The van der Waals surface area contributed by atoms with E-state index >= 15 is 0 Å². The van der Waals surface area contributed by atoms with E-state index in [-0.39, 0.29) is 0 Å². The number of rotatable bonds is 6. The number of hydrogen-bond donors (Lipinski definition) is 0. The molecule has 0 unspecified atom stereocenters.